The fourth-order valence-corrected chi connectivity index (χ4v) is 5.89. The Labute approximate surface area is 126 Å². The van der Waals surface area contributed by atoms with Crippen LogP contribution in [0.2, 0.25) is 0 Å². The summed E-state index contributed by atoms with van der Waals surface area (Å²) in [5.74, 6) is 1.60. The van der Waals surface area contributed by atoms with Gasteiger partial charge in [0.2, 0.25) is 5.91 Å². The number of carbonyl (C=O) groups is 1. The van der Waals surface area contributed by atoms with Gasteiger partial charge in [0.1, 0.15) is 0 Å². The summed E-state index contributed by atoms with van der Waals surface area (Å²) in [6, 6.07) is 0.286. The summed E-state index contributed by atoms with van der Waals surface area (Å²) in [6.07, 6.45) is 1.62. The third-order valence-corrected chi connectivity index (χ3v) is 6.95. The van der Waals surface area contributed by atoms with Gasteiger partial charge in [0.15, 0.2) is 9.84 Å². The molecule has 0 bridgehead atoms. The summed E-state index contributed by atoms with van der Waals surface area (Å²) in [7, 11) is -2.93. The van der Waals surface area contributed by atoms with E-state index in [1.54, 1.807) is 0 Å². The maximum atomic E-state index is 12.2. The minimum Gasteiger partial charge on any atom is -0.351 e. The standard InChI is InChI=1S/C14H25N3O3S/c1-2-13-12-6-15-5-10(12)7-17(13)8-14(18)16-11-3-4-21(19,20)9-11/h10-13,15H,2-9H2,1H3,(H,16,18). The molecule has 2 N–H and O–H groups in total. The number of likely N-dealkylation sites (tertiary alicyclic amines) is 1. The fourth-order valence-electron chi connectivity index (χ4n) is 4.22. The first kappa shape index (κ1) is 15.2. The molecule has 4 unspecified atom stereocenters. The van der Waals surface area contributed by atoms with E-state index in [2.05, 4.69) is 22.5 Å². The van der Waals surface area contributed by atoms with Gasteiger partial charge in [-0.3, -0.25) is 9.69 Å². The largest absolute Gasteiger partial charge is 0.351 e. The normalized spacial score (nSPS) is 38.5. The van der Waals surface area contributed by atoms with Crippen molar-refractivity contribution >= 4 is 15.7 Å². The van der Waals surface area contributed by atoms with Crippen LogP contribution in [0.25, 0.3) is 0 Å². The number of amides is 1. The van der Waals surface area contributed by atoms with Gasteiger partial charge in [0, 0.05) is 18.6 Å². The topological polar surface area (TPSA) is 78.5 Å². The number of sulfone groups is 1. The number of nitrogens with one attached hydrogen (secondary N) is 2. The van der Waals surface area contributed by atoms with E-state index < -0.39 is 9.84 Å². The lowest BCUT2D eigenvalue weighted by atomic mass is 9.93. The highest BCUT2D eigenvalue weighted by atomic mass is 32.2. The van der Waals surface area contributed by atoms with Crippen molar-refractivity contribution in [2.75, 3.05) is 37.7 Å². The van der Waals surface area contributed by atoms with Gasteiger partial charge in [0.05, 0.1) is 18.1 Å². The molecule has 0 aromatic rings. The van der Waals surface area contributed by atoms with E-state index in [0.717, 1.165) is 26.1 Å². The van der Waals surface area contributed by atoms with E-state index in [9.17, 15) is 13.2 Å². The van der Waals surface area contributed by atoms with Gasteiger partial charge >= 0.3 is 0 Å². The van der Waals surface area contributed by atoms with Crippen molar-refractivity contribution in [1.82, 2.24) is 15.5 Å². The smallest absolute Gasteiger partial charge is 0.234 e. The second kappa shape index (κ2) is 5.85. The van der Waals surface area contributed by atoms with E-state index in [4.69, 9.17) is 0 Å². The van der Waals surface area contributed by atoms with Gasteiger partial charge in [-0.05, 0) is 37.8 Å². The summed E-state index contributed by atoms with van der Waals surface area (Å²) >= 11 is 0. The fraction of sp³-hybridized carbons (Fsp3) is 0.929. The predicted octanol–water partition coefficient (Wildman–Crippen LogP) is -0.780. The van der Waals surface area contributed by atoms with Gasteiger partial charge < -0.3 is 10.6 Å². The average molecular weight is 315 g/mol. The molecule has 120 valence electrons. The summed E-state index contributed by atoms with van der Waals surface area (Å²) in [5.41, 5.74) is 0. The van der Waals surface area contributed by atoms with Crippen molar-refractivity contribution in [3.05, 3.63) is 0 Å². The Bertz CT molecular complexity index is 508. The molecule has 4 atom stereocenters. The van der Waals surface area contributed by atoms with Gasteiger partial charge in [-0.1, -0.05) is 6.92 Å². The quantitative estimate of drug-likeness (QED) is 0.711. The Kier molecular flexibility index (Phi) is 4.25. The Morgan fingerprint density at radius 2 is 2.19 bits per heavy atom. The first-order valence-corrected chi connectivity index (χ1v) is 9.75. The van der Waals surface area contributed by atoms with Crippen molar-refractivity contribution in [1.29, 1.82) is 0 Å². The molecular weight excluding hydrogens is 290 g/mol. The molecule has 3 heterocycles. The number of carbonyl (C=O) groups excluding carboxylic acids is 1. The molecule has 0 spiro atoms. The van der Waals surface area contributed by atoms with Crippen LogP contribution < -0.4 is 10.6 Å². The van der Waals surface area contributed by atoms with Crippen LogP contribution in [0, 0.1) is 11.8 Å². The van der Waals surface area contributed by atoms with Crippen molar-refractivity contribution in [2.45, 2.75) is 31.8 Å². The second-order valence-electron chi connectivity index (χ2n) is 6.65. The summed E-state index contributed by atoms with van der Waals surface area (Å²) in [5, 5.41) is 6.33. The van der Waals surface area contributed by atoms with Gasteiger partial charge in [-0.15, -0.1) is 0 Å². The number of fused-ring (bicyclic) bond motifs is 1. The molecule has 21 heavy (non-hydrogen) atoms. The van der Waals surface area contributed by atoms with Gasteiger partial charge in [0.25, 0.3) is 0 Å². The minimum atomic E-state index is -2.93. The molecule has 7 heteroatoms. The number of nitrogens with zero attached hydrogens (tertiary/aromatic N) is 1. The number of hydrogen-bond acceptors (Lipinski definition) is 5. The predicted molar refractivity (Wildman–Crippen MR) is 80.7 cm³/mol. The third-order valence-electron chi connectivity index (χ3n) is 5.19. The van der Waals surface area contributed by atoms with E-state index in [0.29, 0.717) is 30.8 Å². The minimum absolute atomic E-state index is 0.0246. The lowest BCUT2D eigenvalue weighted by Gasteiger charge is -2.26. The first-order chi connectivity index (χ1) is 9.98. The van der Waals surface area contributed by atoms with E-state index in [-0.39, 0.29) is 23.5 Å². The van der Waals surface area contributed by atoms with E-state index in [1.807, 2.05) is 0 Å². The third kappa shape index (κ3) is 3.24. The van der Waals surface area contributed by atoms with Crippen LogP contribution in [0.4, 0.5) is 0 Å². The molecule has 3 fully saturated rings. The molecule has 0 radical (unpaired) electrons. The highest BCUT2D eigenvalue weighted by molar-refractivity contribution is 7.91. The molecule has 3 aliphatic rings. The average Bonchev–Trinajstić information content (AvgIpc) is 3.04. The van der Waals surface area contributed by atoms with E-state index >= 15 is 0 Å². The molecule has 6 nitrogen and oxygen atoms in total. The second-order valence-corrected chi connectivity index (χ2v) is 8.88. The van der Waals surface area contributed by atoms with Crippen molar-refractivity contribution in [3.63, 3.8) is 0 Å². The van der Waals surface area contributed by atoms with Crippen LogP contribution in [0.1, 0.15) is 19.8 Å². The molecule has 0 saturated carbocycles. The molecule has 0 aromatic heterocycles. The highest BCUT2D eigenvalue weighted by Crippen LogP contribution is 2.33. The zero-order valence-electron chi connectivity index (χ0n) is 12.5. The van der Waals surface area contributed by atoms with Crippen LogP contribution >= 0.6 is 0 Å². The zero-order chi connectivity index (χ0) is 15.0. The number of rotatable bonds is 4. The monoisotopic (exact) mass is 315 g/mol. The molecule has 0 aliphatic carbocycles. The molecular formula is C14H25N3O3S. The molecule has 3 rings (SSSR count). The molecule has 3 saturated heterocycles. The van der Waals surface area contributed by atoms with Crippen LogP contribution in [-0.2, 0) is 14.6 Å². The van der Waals surface area contributed by atoms with Crippen LogP contribution in [0.15, 0.2) is 0 Å². The highest BCUT2D eigenvalue weighted by Gasteiger charge is 2.43. The Hall–Kier alpha value is -0.660. The van der Waals surface area contributed by atoms with Gasteiger partial charge in [-0.2, -0.15) is 0 Å². The molecule has 3 aliphatic heterocycles. The van der Waals surface area contributed by atoms with Gasteiger partial charge in [-0.25, -0.2) is 8.42 Å². The Balaban J connectivity index is 1.53. The van der Waals surface area contributed by atoms with Crippen molar-refractivity contribution in [3.8, 4) is 0 Å². The van der Waals surface area contributed by atoms with Crippen LogP contribution in [-0.4, -0.2) is 69.0 Å². The van der Waals surface area contributed by atoms with Crippen LogP contribution in [0.5, 0.6) is 0 Å². The molecule has 1 amide bonds. The molecule has 0 aromatic carbocycles. The lowest BCUT2D eigenvalue weighted by molar-refractivity contribution is -0.123. The summed E-state index contributed by atoms with van der Waals surface area (Å²) in [6.45, 7) is 5.68. The Morgan fingerprint density at radius 1 is 1.38 bits per heavy atom. The van der Waals surface area contributed by atoms with Crippen LogP contribution in [0.3, 0.4) is 0 Å². The summed E-state index contributed by atoms with van der Waals surface area (Å²) < 4.78 is 22.9. The first-order valence-electron chi connectivity index (χ1n) is 7.93. The zero-order valence-corrected chi connectivity index (χ0v) is 13.4. The van der Waals surface area contributed by atoms with Crippen molar-refractivity contribution < 1.29 is 13.2 Å². The maximum absolute atomic E-state index is 12.2. The SMILES string of the molecule is CCC1C2CNCC2CN1CC(=O)NC1CCS(=O)(=O)C1. The van der Waals surface area contributed by atoms with E-state index in [1.165, 1.54) is 0 Å². The maximum Gasteiger partial charge on any atom is 0.234 e. The summed E-state index contributed by atoms with van der Waals surface area (Å²) in [4.78, 5) is 14.5. The van der Waals surface area contributed by atoms with Crippen molar-refractivity contribution in [2.24, 2.45) is 11.8 Å². The number of hydrogen-bond donors (Lipinski definition) is 2. The Morgan fingerprint density at radius 3 is 2.86 bits per heavy atom. The lowest BCUT2D eigenvalue weighted by Crippen LogP contribution is -2.45.